The Bertz CT molecular complexity index is 1230. The molecule has 2 unspecified atom stereocenters. The number of methoxy groups -OCH3 is 1. The topological polar surface area (TPSA) is 103 Å². The second-order valence-electron chi connectivity index (χ2n) is 11.5. The van der Waals surface area contributed by atoms with Crippen LogP contribution in [-0.4, -0.2) is 53.5 Å². The number of rotatable bonds is 3. The fourth-order valence-electron chi connectivity index (χ4n) is 8.14. The number of ketones is 1. The van der Waals surface area contributed by atoms with Crippen molar-refractivity contribution in [2.45, 2.75) is 70.5 Å². The number of aliphatic hydroxyl groups is 1. The summed E-state index contributed by atoms with van der Waals surface area (Å²) in [4.78, 5) is 38.8. The zero-order chi connectivity index (χ0) is 27.1. The number of furan rings is 1. The van der Waals surface area contributed by atoms with Crippen LogP contribution in [0.4, 0.5) is 8.78 Å². The Hall–Kier alpha value is -2.81. The molecule has 4 aliphatic carbocycles. The third-order valence-electron chi connectivity index (χ3n) is 9.96. The number of carbonyl (C=O) groups is 3. The predicted octanol–water partition coefficient (Wildman–Crippen LogP) is 4.22. The Morgan fingerprint density at radius 1 is 1.22 bits per heavy atom. The lowest BCUT2D eigenvalue weighted by Crippen LogP contribution is -2.71. The Kier molecular flexibility index (Phi) is 5.65. The molecule has 4 aliphatic rings. The minimum Gasteiger partial charge on any atom is -0.466 e. The zero-order valence-corrected chi connectivity index (χ0v) is 21.5. The number of ether oxygens (including phenoxy) is 2. The molecule has 5 rings (SSSR count). The molecule has 0 saturated heterocycles. The Morgan fingerprint density at radius 3 is 2.54 bits per heavy atom. The highest BCUT2D eigenvalue weighted by Crippen LogP contribution is 2.71. The van der Waals surface area contributed by atoms with Crippen LogP contribution in [0, 0.1) is 35.5 Å². The average molecular weight is 519 g/mol. The van der Waals surface area contributed by atoms with Crippen LogP contribution in [0.1, 0.15) is 56.2 Å². The van der Waals surface area contributed by atoms with Crippen LogP contribution in [0.3, 0.4) is 0 Å². The summed E-state index contributed by atoms with van der Waals surface area (Å²) in [6, 6.07) is 1.59. The summed E-state index contributed by atoms with van der Waals surface area (Å²) >= 11 is 0. The van der Waals surface area contributed by atoms with Gasteiger partial charge in [0.05, 0.1) is 19.5 Å². The van der Waals surface area contributed by atoms with Crippen molar-refractivity contribution in [3.8, 4) is 0 Å². The Labute approximate surface area is 213 Å². The van der Waals surface area contributed by atoms with E-state index >= 15 is 8.78 Å². The van der Waals surface area contributed by atoms with Crippen LogP contribution in [0.15, 0.2) is 40.5 Å². The van der Waals surface area contributed by atoms with Gasteiger partial charge in [0.2, 0.25) is 11.4 Å². The molecular formula is C28H32F2O7. The third-order valence-corrected chi connectivity index (χ3v) is 9.96. The van der Waals surface area contributed by atoms with Crippen molar-refractivity contribution in [1.82, 2.24) is 0 Å². The summed E-state index contributed by atoms with van der Waals surface area (Å²) in [6.45, 7) is 6.58. The monoisotopic (exact) mass is 518 g/mol. The number of hydrogen-bond acceptors (Lipinski definition) is 7. The maximum atomic E-state index is 17.4. The highest BCUT2D eigenvalue weighted by molar-refractivity contribution is 6.01. The Balaban J connectivity index is 1.64. The molecule has 1 heterocycles. The highest BCUT2D eigenvalue weighted by atomic mass is 19.1. The Morgan fingerprint density at radius 2 is 1.92 bits per heavy atom. The van der Waals surface area contributed by atoms with Crippen LogP contribution in [-0.2, 0) is 19.1 Å². The first-order valence-electron chi connectivity index (χ1n) is 12.6. The first-order valence-corrected chi connectivity index (χ1v) is 12.6. The summed E-state index contributed by atoms with van der Waals surface area (Å²) in [6.07, 6.45) is 1.51. The number of allylic oxidation sites excluding steroid dienone is 4. The number of aliphatic hydroxyl groups excluding tert-OH is 1. The van der Waals surface area contributed by atoms with Gasteiger partial charge in [-0.1, -0.05) is 19.9 Å². The molecule has 1 aromatic rings. The van der Waals surface area contributed by atoms with Crippen molar-refractivity contribution < 1.29 is 42.2 Å². The minimum atomic E-state index is -2.31. The van der Waals surface area contributed by atoms with E-state index in [1.54, 1.807) is 26.8 Å². The summed E-state index contributed by atoms with van der Waals surface area (Å²) in [5.41, 5.74) is -6.47. The highest BCUT2D eigenvalue weighted by Gasteiger charge is 2.78. The molecule has 9 heteroatoms. The van der Waals surface area contributed by atoms with Gasteiger partial charge in [0.15, 0.2) is 11.5 Å². The van der Waals surface area contributed by atoms with Gasteiger partial charge >= 0.3 is 11.9 Å². The van der Waals surface area contributed by atoms with Crippen molar-refractivity contribution in [3.63, 3.8) is 0 Å². The largest absolute Gasteiger partial charge is 0.466 e. The van der Waals surface area contributed by atoms with E-state index in [2.05, 4.69) is 0 Å². The number of esters is 2. The van der Waals surface area contributed by atoms with Crippen LogP contribution in [0.25, 0.3) is 0 Å². The number of carbonyl (C=O) groups excluding carboxylic acids is 3. The van der Waals surface area contributed by atoms with Gasteiger partial charge in [-0.05, 0) is 62.8 Å². The molecule has 37 heavy (non-hydrogen) atoms. The summed E-state index contributed by atoms with van der Waals surface area (Å²) < 4.78 is 49.5. The molecule has 1 N–H and O–H groups in total. The molecule has 0 spiro atoms. The normalized spacial score (nSPS) is 44.4. The lowest BCUT2D eigenvalue weighted by molar-refractivity contribution is -0.230. The van der Waals surface area contributed by atoms with E-state index in [0.29, 0.717) is 5.56 Å². The van der Waals surface area contributed by atoms with Crippen molar-refractivity contribution >= 4 is 17.7 Å². The van der Waals surface area contributed by atoms with Crippen molar-refractivity contribution in [1.29, 1.82) is 0 Å². The van der Waals surface area contributed by atoms with Gasteiger partial charge in [-0.25, -0.2) is 18.4 Å². The molecule has 0 radical (unpaired) electrons. The first kappa shape index (κ1) is 25.8. The molecule has 0 amide bonds. The third kappa shape index (κ3) is 3.03. The molecule has 0 aromatic carbocycles. The quantitative estimate of drug-likeness (QED) is 0.598. The van der Waals surface area contributed by atoms with E-state index in [4.69, 9.17) is 13.9 Å². The van der Waals surface area contributed by atoms with Gasteiger partial charge < -0.3 is 19.0 Å². The predicted molar refractivity (Wildman–Crippen MR) is 127 cm³/mol. The number of aryl methyl sites for hydroxylation is 1. The van der Waals surface area contributed by atoms with E-state index in [0.717, 1.165) is 6.08 Å². The minimum absolute atomic E-state index is 0.0198. The van der Waals surface area contributed by atoms with Gasteiger partial charge in [-0.15, -0.1) is 0 Å². The molecule has 7 nitrogen and oxygen atoms in total. The van der Waals surface area contributed by atoms with E-state index in [1.165, 1.54) is 32.4 Å². The van der Waals surface area contributed by atoms with Crippen LogP contribution < -0.4 is 0 Å². The maximum Gasteiger partial charge on any atom is 0.375 e. The van der Waals surface area contributed by atoms with Crippen LogP contribution >= 0.6 is 0 Å². The molecule has 200 valence electrons. The number of alkyl halides is 2. The van der Waals surface area contributed by atoms with Crippen LogP contribution in [0.5, 0.6) is 0 Å². The maximum absolute atomic E-state index is 17.4. The molecule has 0 bridgehead atoms. The number of fused-ring (bicyclic) bond motifs is 5. The lowest BCUT2D eigenvalue weighted by Gasteiger charge is -2.63. The van der Waals surface area contributed by atoms with E-state index in [1.807, 2.05) is 0 Å². The van der Waals surface area contributed by atoms with E-state index in [-0.39, 0.29) is 30.6 Å². The molecule has 9 atom stereocenters. The molecule has 0 aliphatic heterocycles. The summed E-state index contributed by atoms with van der Waals surface area (Å²) in [5, 5.41) is 11.5. The fraction of sp³-hybridized carbons (Fsp3) is 0.607. The molecular weight excluding hydrogens is 486 g/mol. The number of hydrogen-bond donors (Lipinski definition) is 1. The molecule has 3 fully saturated rings. The van der Waals surface area contributed by atoms with Gasteiger partial charge in [0, 0.05) is 28.2 Å². The van der Waals surface area contributed by atoms with Crippen molar-refractivity contribution in [3.05, 3.63) is 47.5 Å². The second kappa shape index (κ2) is 8.09. The molecule has 3 saturated carbocycles. The van der Waals surface area contributed by atoms with Gasteiger partial charge in [-0.3, -0.25) is 4.79 Å². The lowest BCUT2D eigenvalue weighted by atomic mass is 9.44. The van der Waals surface area contributed by atoms with Gasteiger partial charge in [0.1, 0.15) is 6.17 Å². The second-order valence-corrected chi connectivity index (χ2v) is 11.5. The van der Waals surface area contributed by atoms with Crippen molar-refractivity contribution in [2.24, 2.45) is 28.6 Å². The fourth-order valence-corrected chi connectivity index (χ4v) is 8.14. The van der Waals surface area contributed by atoms with Gasteiger partial charge in [-0.2, -0.15) is 0 Å². The van der Waals surface area contributed by atoms with Crippen molar-refractivity contribution in [2.75, 3.05) is 7.11 Å². The number of halogens is 2. The standard InChI is InChI=1S/C28H32F2O7/c1-14-7-9-36-22(14)23(33)37-28(24(34)35-5)15(2)10-17-18-12-20(29)19-11-16(31)6-8-25(19,3)27(18,30)21(32)13-26(17,28)4/h6-9,11,15,17-18,20-21,32H,10,12-13H2,1-5H3/t15-,17?,18?,20+,21+,25+,26+,27+,28+/m1/s1. The molecule has 1 aromatic heterocycles. The summed E-state index contributed by atoms with van der Waals surface area (Å²) in [7, 11) is 1.18. The zero-order valence-electron chi connectivity index (χ0n) is 21.5. The van der Waals surface area contributed by atoms with E-state index < -0.39 is 69.9 Å². The first-order chi connectivity index (χ1) is 17.3. The summed E-state index contributed by atoms with van der Waals surface area (Å²) in [5.74, 6) is -4.46. The average Bonchev–Trinajstić information content (AvgIpc) is 3.36. The van der Waals surface area contributed by atoms with Crippen LogP contribution in [0.2, 0.25) is 0 Å². The van der Waals surface area contributed by atoms with E-state index in [9.17, 15) is 19.5 Å². The SMILES string of the molecule is COC(=O)[C@@]1(OC(=O)c2occc2C)[C@H](C)CC2C3C[C@H](F)C4=CC(=O)C=C[C@]4(C)[C@@]3(F)[C@@H](O)C[C@@]21C. The smallest absolute Gasteiger partial charge is 0.375 e. The van der Waals surface area contributed by atoms with Gasteiger partial charge in [0.25, 0.3) is 0 Å².